The molecule has 2 N–H and O–H groups in total. The van der Waals surface area contributed by atoms with E-state index in [0.29, 0.717) is 6.04 Å². The number of likely N-dealkylation sites (N-methyl/N-ethyl adjacent to an activating group) is 1. The fourth-order valence-corrected chi connectivity index (χ4v) is 4.38. The first-order valence-electron chi connectivity index (χ1n) is 9.73. The Morgan fingerprint density at radius 2 is 1.97 bits per heavy atom. The van der Waals surface area contributed by atoms with Crippen molar-refractivity contribution in [2.45, 2.75) is 32.7 Å². The van der Waals surface area contributed by atoms with E-state index < -0.39 is 6.36 Å². The third kappa shape index (κ3) is 4.48. The van der Waals surface area contributed by atoms with E-state index in [1.165, 1.54) is 27.6 Å². The molecule has 0 radical (unpaired) electrons. The topological polar surface area (TPSA) is 59.6 Å². The first kappa shape index (κ1) is 21.4. The van der Waals surface area contributed by atoms with Crippen LogP contribution in [0.3, 0.4) is 0 Å². The number of aromatic amines is 1. The van der Waals surface area contributed by atoms with Gasteiger partial charge in [-0.05, 0) is 50.1 Å². The summed E-state index contributed by atoms with van der Waals surface area (Å²) < 4.78 is 29.7. The number of halogens is 3. The van der Waals surface area contributed by atoms with Crippen molar-refractivity contribution in [2.75, 3.05) is 26.7 Å². The van der Waals surface area contributed by atoms with E-state index in [4.69, 9.17) is 5.11 Å². The monoisotopic (exact) mass is 409 g/mol. The van der Waals surface area contributed by atoms with E-state index in [-0.39, 0.29) is 11.8 Å². The molecule has 29 heavy (non-hydrogen) atoms. The molecule has 2 aliphatic rings. The molecule has 5 nitrogen and oxygen atoms in total. The fourth-order valence-electron chi connectivity index (χ4n) is 4.38. The van der Waals surface area contributed by atoms with Crippen LogP contribution in [0.5, 0.6) is 0 Å². The molecule has 0 saturated heterocycles. The summed E-state index contributed by atoms with van der Waals surface area (Å²) in [7, 11) is 2.15. The zero-order valence-corrected chi connectivity index (χ0v) is 16.8. The number of carbonyl (C=O) groups is 1. The van der Waals surface area contributed by atoms with Crippen LogP contribution in [0.25, 0.3) is 16.5 Å². The molecule has 0 fully saturated rings. The molecule has 0 bridgehead atoms. The van der Waals surface area contributed by atoms with E-state index in [9.17, 15) is 18.0 Å². The summed E-state index contributed by atoms with van der Waals surface area (Å²) in [5.74, 6) is 0.210. The van der Waals surface area contributed by atoms with Crippen LogP contribution in [0.2, 0.25) is 0 Å². The molecule has 1 aliphatic heterocycles. The molecule has 0 spiro atoms. The highest BCUT2D eigenvalue weighted by atomic mass is 19.4. The second kappa shape index (κ2) is 8.20. The number of rotatable bonds is 3. The van der Waals surface area contributed by atoms with Crippen LogP contribution in [0.1, 0.15) is 25.0 Å². The lowest BCUT2D eigenvalue weighted by Crippen LogP contribution is -2.47. The zero-order chi connectivity index (χ0) is 21.3. The maximum absolute atomic E-state index is 12.9. The van der Waals surface area contributed by atoms with Gasteiger partial charge in [0.15, 0.2) is 0 Å². The zero-order valence-electron chi connectivity index (χ0n) is 16.8. The number of amides is 1. The molecule has 2 aromatic rings. The van der Waals surface area contributed by atoms with Crippen molar-refractivity contribution < 1.29 is 23.1 Å². The molecule has 1 amide bonds. The number of carbonyl (C=O) groups excluding carboxylic acids is 1. The van der Waals surface area contributed by atoms with Crippen LogP contribution in [-0.2, 0) is 11.2 Å². The Hall–Kier alpha value is -2.32. The smallest absolute Gasteiger partial charge is 0.361 e. The average Bonchev–Trinajstić information content (AvgIpc) is 3.06. The van der Waals surface area contributed by atoms with E-state index in [1.54, 1.807) is 0 Å². The molecule has 1 aromatic heterocycles. The Balaban J connectivity index is 0.000000431. The molecule has 4 rings (SSSR count). The second-order valence-corrected chi connectivity index (χ2v) is 7.41. The average molecular weight is 409 g/mol. The maximum atomic E-state index is 12.9. The Kier molecular flexibility index (Phi) is 6.05. The summed E-state index contributed by atoms with van der Waals surface area (Å²) in [5, 5.41) is 7.86. The first-order chi connectivity index (χ1) is 13.6. The first-order valence-corrected chi connectivity index (χ1v) is 9.73. The van der Waals surface area contributed by atoms with Gasteiger partial charge in [-0.15, -0.1) is 13.2 Å². The van der Waals surface area contributed by atoms with Gasteiger partial charge in [-0.25, -0.2) is 0 Å². The second-order valence-electron chi connectivity index (χ2n) is 7.41. The highest BCUT2D eigenvalue weighted by Crippen LogP contribution is 2.40. The number of hydrogen-bond donors (Lipinski definition) is 2. The summed E-state index contributed by atoms with van der Waals surface area (Å²) in [5.41, 5.74) is 5.21. The van der Waals surface area contributed by atoms with Gasteiger partial charge in [-0.3, -0.25) is 9.69 Å². The molecule has 8 heteroatoms. The summed E-state index contributed by atoms with van der Waals surface area (Å²) in [6.45, 7) is 6.47. The predicted molar refractivity (Wildman–Crippen MR) is 106 cm³/mol. The summed E-state index contributed by atoms with van der Waals surface area (Å²) in [4.78, 5) is 20.6. The summed E-state index contributed by atoms with van der Waals surface area (Å²) in [6, 6.07) is 6.82. The molecule has 1 aliphatic carbocycles. The van der Waals surface area contributed by atoms with Crippen molar-refractivity contribution in [1.82, 2.24) is 14.8 Å². The van der Waals surface area contributed by atoms with Crippen LogP contribution >= 0.6 is 0 Å². The Morgan fingerprint density at radius 1 is 1.31 bits per heavy atom. The molecular weight excluding hydrogens is 383 g/mol. The predicted octanol–water partition coefficient (Wildman–Crippen LogP) is 3.40. The molecule has 1 aromatic carbocycles. The third-order valence-electron chi connectivity index (χ3n) is 5.66. The van der Waals surface area contributed by atoms with Crippen LogP contribution < -0.4 is 0 Å². The summed E-state index contributed by atoms with van der Waals surface area (Å²) in [6.07, 6.45) is 0.410. The molecule has 0 unspecified atom stereocenters. The number of hydrogen-bond acceptors (Lipinski definition) is 3. The van der Waals surface area contributed by atoms with Gasteiger partial charge < -0.3 is 15.0 Å². The van der Waals surface area contributed by atoms with Gasteiger partial charge in [-0.2, -0.15) is 0 Å². The van der Waals surface area contributed by atoms with Crippen LogP contribution in [0.15, 0.2) is 30.5 Å². The lowest BCUT2D eigenvalue weighted by Gasteiger charge is -2.40. The molecule has 0 saturated carbocycles. The normalized spacial score (nSPS) is 21.1. The van der Waals surface area contributed by atoms with Crippen molar-refractivity contribution in [3.63, 3.8) is 0 Å². The maximum Gasteiger partial charge on any atom is 0.519 e. The standard InChI is InChI=1S/C20H25N3O.CHF3O/c1-4-23(5-2)20(24)14-9-16-15-7-6-8-17-19(15)13(11-21-17)10-18(16)22(3)12-14;2-1(3,4)5/h6-9,11,14,18,21H,4-5,10,12H2,1-3H3;5H/t14-,18-;/m1./s1. The van der Waals surface area contributed by atoms with Gasteiger partial charge in [0.2, 0.25) is 5.91 Å². The third-order valence-corrected chi connectivity index (χ3v) is 5.66. The molecular formula is C21H26F3N3O2. The minimum atomic E-state index is -5.00. The van der Waals surface area contributed by atoms with Crippen molar-refractivity contribution >= 4 is 22.4 Å². The SMILES string of the molecule is CCN(CC)C(=O)[C@@H]1C=C2c3cccc4[nH]cc(c34)C[C@H]2N(C)C1.OC(F)(F)F. The number of H-pyrrole nitrogens is 1. The summed E-state index contributed by atoms with van der Waals surface area (Å²) >= 11 is 0. The number of nitrogens with one attached hydrogen (secondary N) is 1. The van der Waals surface area contributed by atoms with Crippen molar-refractivity contribution in [2.24, 2.45) is 5.92 Å². The minimum absolute atomic E-state index is 0.0445. The number of nitrogens with zero attached hydrogens (tertiary/aromatic N) is 2. The minimum Gasteiger partial charge on any atom is -0.361 e. The van der Waals surface area contributed by atoms with E-state index in [0.717, 1.165) is 26.1 Å². The van der Waals surface area contributed by atoms with E-state index in [2.05, 4.69) is 61.3 Å². The van der Waals surface area contributed by atoms with Gasteiger partial charge in [0.1, 0.15) is 0 Å². The Labute approximate surface area is 167 Å². The fraction of sp³-hybridized carbons (Fsp3) is 0.476. The van der Waals surface area contributed by atoms with Gasteiger partial charge in [0.25, 0.3) is 0 Å². The molecule has 2 heterocycles. The molecule has 2 atom stereocenters. The van der Waals surface area contributed by atoms with Gasteiger partial charge in [0.05, 0.1) is 5.92 Å². The highest BCUT2D eigenvalue weighted by Gasteiger charge is 2.36. The number of aliphatic hydroxyl groups is 1. The lowest BCUT2D eigenvalue weighted by molar-refractivity contribution is -0.295. The molecule has 158 valence electrons. The van der Waals surface area contributed by atoms with Crippen molar-refractivity contribution in [3.05, 3.63) is 41.6 Å². The van der Waals surface area contributed by atoms with Crippen LogP contribution in [0, 0.1) is 5.92 Å². The van der Waals surface area contributed by atoms with Crippen LogP contribution in [-0.4, -0.2) is 64.9 Å². The number of benzene rings is 1. The van der Waals surface area contributed by atoms with Gasteiger partial charge in [0, 0.05) is 42.8 Å². The number of fused-ring (bicyclic) bond motifs is 2. The highest BCUT2D eigenvalue weighted by molar-refractivity contribution is 5.99. The van der Waals surface area contributed by atoms with Gasteiger partial charge >= 0.3 is 6.36 Å². The van der Waals surface area contributed by atoms with Crippen molar-refractivity contribution in [1.29, 1.82) is 0 Å². The Morgan fingerprint density at radius 3 is 2.59 bits per heavy atom. The van der Waals surface area contributed by atoms with Crippen molar-refractivity contribution in [3.8, 4) is 0 Å². The van der Waals surface area contributed by atoms with E-state index in [1.807, 2.05) is 4.90 Å². The van der Waals surface area contributed by atoms with Gasteiger partial charge in [-0.1, -0.05) is 18.2 Å². The number of aromatic nitrogens is 1. The number of alkyl halides is 3. The lowest BCUT2D eigenvalue weighted by atomic mass is 9.79. The van der Waals surface area contributed by atoms with Crippen LogP contribution in [0.4, 0.5) is 13.2 Å². The quantitative estimate of drug-likeness (QED) is 0.817. The Bertz CT molecular complexity index is 910. The van der Waals surface area contributed by atoms with E-state index >= 15 is 0 Å². The largest absolute Gasteiger partial charge is 0.519 e.